The molecule has 2 atom stereocenters. The summed E-state index contributed by atoms with van der Waals surface area (Å²) in [5.41, 5.74) is 1.11. The van der Waals surface area contributed by atoms with E-state index < -0.39 is 6.10 Å². The van der Waals surface area contributed by atoms with E-state index in [1.54, 1.807) is 0 Å². The van der Waals surface area contributed by atoms with Crippen LogP contribution in [0.3, 0.4) is 0 Å². The van der Waals surface area contributed by atoms with Gasteiger partial charge in [0.05, 0.1) is 25.4 Å². The maximum atomic E-state index is 9.71. The SMILES string of the molecule is CCCC(O)CCC(O)COCc1ccccc1. The zero-order chi connectivity index (χ0) is 13.2. The molecule has 0 spiro atoms. The molecule has 2 N–H and O–H groups in total. The van der Waals surface area contributed by atoms with Gasteiger partial charge >= 0.3 is 0 Å². The maximum Gasteiger partial charge on any atom is 0.0774 e. The molecule has 0 radical (unpaired) electrons. The van der Waals surface area contributed by atoms with E-state index in [0.29, 0.717) is 26.1 Å². The van der Waals surface area contributed by atoms with E-state index in [1.807, 2.05) is 37.3 Å². The molecular weight excluding hydrogens is 228 g/mol. The maximum absolute atomic E-state index is 9.71. The standard InChI is InChI=1S/C15H24O3/c1-2-6-14(16)9-10-15(17)12-18-11-13-7-4-3-5-8-13/h3-5,7-8,14-17H,2,6,9-12H2,1H3. The van der Waals surface area contributed by atoms with Crippen molar-refractivity contribution in [1.82, 2.24) is 0 Å². The molecule has 1 aromatic rings. The zero-order valence-electron chi connectivity index (χ0n) is 11.1. The molecule has 0 saturated carbocycles. The Hall–Kier alpha value is -0.900. The number of aliphatic hydroxyl groups is 2. The first-order valence-corrected chi connectivity index (χ1v) is 6.70. The second-order valence-electron chi connectivity index (χ2n) is 4.67. The van der Waals surface area contributed by atoms with Crippen molar-refractivity contribution in [3.05, 3.63) is 35.9 Å². The molecule has 0 saturated heterocycles. The van der Waals surface area contributed by atoms with E-state index in [0.717, 1.165) is 18.4 Å². The summed E-state index contributed by atoms with van der Waals surface area (Å²) >= 11 is 0. The van der Waals surface area contributed by atoms with Gasteiger partial charge in [0.15, 0.2) is 0 Å². The number of rotatable bonds is 9. The van der Waals surface area contributed by atoms with Gasteiger partial charge in [0.2, 0.25) is 0 Å². The van der Waals surface area contributed by atoms with Gasteiger partial charge in [-0.05, 0) is 24.8 Å². The normalized spacial score (nSPS) is 14.4. The predicted octanol–water partition coefficient (Wildman–Crippen LogP) is 2.51. The fourth-order valence-electron chi connectivity index (χ4n) is 1.83. The minimum absolute atomic E-state index is 0.293. The summed E-state index contributed by atoms with van der Waals surface area (Å²) in [6.45, 7) is 2.89. The molecule has 0 aliphatic rings. The Balaban J connectivity index is 2.08. The van der Waals surface area contributed by atoms with Gasteiger partial charge in [-0.15, -0.1) is 0 Å². The van der Waals surface area contributed by atoms with Gasteiger partial charge in [-0.25, -0.2) is 0 Å². The third kappa shape index (κ3) is 6.74. The summed E-state index contributed by atoms with van der Waals surface area (Å²) in [7, 11) is 0. The first kappa shape index (κ1) is 15.2. The molecule has 0 heterocycles. The van der Waals surface area contributed by atoms with E-state index in [4.69, 9.17) is 4.74 Å². The van der Waals surface area contributed by atoms with Crippen LogP contribution < -0.4 is 0 Å². The minimum atomic E-state index is -0.486. The van der Waals surface area contributed by atoms with Crippen LogP contribution in [0.15, 0.2) is 30.3 Å². The van der Waals surface area contributed by atoms with Crippen LogP contribution in [0.4, 0.5) is 0 Å². The van der Waals surface area contributed by atoms with Crippen molar-refractivity contribution in [2.24, 2.45) is 0 Å². The molecule has 0 aliphatic heterocycles. The van der Waals surface area contributed by atoms with E-state index >= 15 is 0 Å². The van der Waals surface area contributed by atoms with E-state index in [1.165, 1.54) is 0 Å². The highest BCUT2D eigenvalue weighted by atomic mass is 16.5. The lowest BCUT2D eigenvalue weighted by atomic mass is 10.1. The first-order chi connectivity index (χ1) is 8.72. The summed E-state index contributed by atoms with van der Waals surface area (Å²) in [4.78, 5) is 0. The number of ether oxygens (including phenoxy) is 1. The van der Waals surface area contributed by atoms with Crippen LogP contribution in [0.2, 0.25) is 0 Å². The van der Waals surface area contributed by atoms with E-state index in [-0.39, 0.29) is 6.10 Å². The highest BCUT2D eigenvalue weighted by molar-refractivity contribution is 5.13. The van der Waals surface area contributed by atoms with Crippen molar-refractivity contribution < 1.29 is 14.9 Å². The molecule has 0 aliphatic carbocycles. The van der Waals surface area contributed by atoms with E-state index in [2.05, 4.69) is 0 Å². The summed E-state index contributed by atoms with van der Waals surface area (Å²) in [5.74, 6) is 0. The lowest BCUT2D eigenvalue weighted by Crippen LogP contribution is -2.18. The third-order valence-electron chi connectivity index (χ3n) is 2.88. The van der Waals surface area contributed by atoms with Crippen LogP contribution in [0.5, 0.6) is 0 Å². The Bertz CT molecular complexity index is 300. The average molecular weight is 252 g/mol. The van der Waals surface area contributed by atoms with Crippen molar-refractivity contribution in [3.8, 4) is 0 Å². The monoisotopic (exact) mass is 252 g/mol. The smallest absolute Gasteiger partial charge is 0.0774 e. The van der Waals surface area contributed by atoms with E-state index in [9.17, 15) is 10.2 Å². The Morgan fingerprint density at radius 3 is 2.33 bits per heavy atom. The lowest BCUT2D eigenvalue weighted by molar-refractivity contribution is 0.0161. The van der Waals surface area contributed by atoms with Crippen LogP contribution in [-0.2, 0) is 11.3 Å². The fraction of sp³-hybridized carbons (Fsp3) is 0.600. The van der Waals surface area contributed by atoms with Gasteiger partial charge in [-0.2, -0.15) is 0 Å². The van der Waals surface area contributed by atoms with Gasteiger partial charge in [-0.3, -0.25) is 0 Å². The summed E-state index contributed by atoms with van der Waals surface area (Å²) < 4.78 is 5.44. The fourth-order valence-corrected chi connectivity index (χ4v) is 1.83. The van der Waals surface area contributed by atoms with Crippen molar-refractivity contribution in [2.45, 2.75) is 51.4 Å². The second-order valence-corrected chi connectivity index (χ2v) is 4.67. The van der Waals surface area contributed by atoms with Crippen LogP contribution in [0.25, 0.3) is 0 Å². The molecule has 1 rings (SSSR count). The molecule has 0 aromatic heterocycles. The number of hydrogen-bond donors (Lipinski definition) is 2. The molecule has 1 aromatic carbocycles. The van der Waals surface area contributed by atoms with Crippen LogP contribution in [0, 0.1) is 0 Å². The topological polar surface area (TPSA) is 49.7 Å². The molecule has 18 heavy (non-hydrogen) atoms. The molecule has 0 amide bonds. The third-order valence-corrected chi connectivity index (χ3v) is 2.88. The van der Waals surface area contributed by atoms with Gasteiger partial charge in [0.25, 0.3) is 0 Å². The summed E-state index contributed by atoms with van der Waals surface area (Å²) in [6.07, 6.45) is 2.23. The number of benzene rings is 1. The molecule has 3 heteroatoms. The summed E-state index contributed by atoms with van der Waals surface area (Å²) in [5, 5.41) is 19.3. The van der Waals surface area contributed by atoms with Crippen LogP contribution in [0.1, 0.15) is 38.2 Å². The van der Waals surface area contributed by atoms with Crippen LogP contribution in [-0.4, -0.2) is 29.0 Å². The quantitative estimate of drug-likeness (QED) is 0.710. The minimum Gasteiger partial charge on any atom is -0.393 e. The van der Waals surface area contributed by atoms with Gasteiger partial charge in [0, 0.05) is 0 Å². The number of aliphatic hydroxyl groups excluding tert-OH is 2. The van der Waals surface area contributed by atoms with Crippen molar-refractivity contribution in [2.75, 3.05) is 6.61 Å². The molecule has 0 fully saturated rings. The van der Waals surface area contributed by atoms with Crippen molar-refractivity contribution in [1.29, 1.82) is 0 Å². The molecule has 3 nitrogen and oxygen atoms in total. The second kappa shape index (κ2) is 9.09. The molecule has 0 bridgehead atoms. The molecular formula is C15H24O3. The number of hydrogen-bond acceptors (Lipinski definition) is 3. The van der Waals surface area contributed by atoms with Crippen LogP contribution >= 0.6 is 0 Å². The van der Waals surface area contributed by atoms with Gasteiger partial charge in [-0.1, -0.05) is 43.7 Å². The first-order valence-electron chi connectivity index (χ1n) is 6.70. The Morgan fingerprint density at radius 1 is 1.00 bits per heavy atom. The van der Waals surface area contributed by atoms with Crippen molar-refractivity contribution in [3.63, 3.8) is 0 Å². The lowest BCUT2D eigenvalue weighted by Gasteiger charge is -2.14. The van der Waals surface area contributed by atoms with Gasteiger partial charge < -0.3 is 14.9 Å². The predicted molar refractivity (Wildman–Crippen MR) is 72.3 cm³/mol. The largest absolute Gasteiger partial charge is 0.393 e. The average Bonchev–Trinajstić information content (AvgIpc) is 2.38. The highest BCUT2D eigenvalue weighted by Crippen LogP contribution is 2.08. The van der Waals surface area contributed by atoms with Crippen molar-refractivity contribution >= 4 is 0 Å². The van der Waals surface area contributed by atoms with Gasteiger partial charge in [0.1, 0.15) is 0 Å². The zero-order valence-corrected chi connectivity index (χ0v) is 11.1. The molecule has 2 unspecified atom stereocenters. The molecule has 102 valence electrons. The summed E-state index contributed by atoms with van der Waals surface area (Å²) in [6, 6.07) is 9.90. The Kier molecular flexibility index (Phi) is 7.65. The highest BCUT2D eigenvalue weighted by Gasteiger charge is 2.08. The Morgan fingerprint density at radius 2 is 1.67 bits per heavy atom. The Labute approximate surface area is 109 Å².